The van der Waals surface area contributed by atoms with E-state index in [4.69, 9.17) is 0 Å². The molecule has 0 atom stereocenters. The molecule has 1 aromatic carbocycles. The van der Waals surface area contributed by atoms with Gasteiger partial charge in [0.25, 0.3) is 5.56 Å². The van der Waals surface area contributed by atoms with E-state index in [-0.39, 0.29) is 5.56 Å². The van der Waals surface area contributed by atoms with Gasteiger partial charge in [0.2, 0.25) is 0 Å². The van der Waals surface area contributed by atoms with Gasteiger partial charge in [0.05, 0.1) is 6.07 Å². The molecule has 144 valence electrons. The monoisotopic (exact) mass is 392 g/mol. The SMILES string of the molecule is Cn1cc(-c2cc(SC(C)(C)C#N)ccc2NCC2CC2)c2cc[nH]c2c1=O. The lowest BCUT2D eigenvalue weighted by Crippen LogP contribution is -2.16. The van der Waals surface area contributed by atoms with Gasteiger partial charge < -0.3 is 14.9 Å². The van der Waals surface area contributed by atoms with Crippen LogP contribution in [0, 0.1) is 17.2 Å². The highest BCUT2D eigenvalue weighted by molar-refractivity contribution is 8.00. The second-order valence-electron chi connectivity index (χ2n) is 7.98. The molecular weight excluding hydrogens is 368 g/mol. The fourth-order valence-electron chi connectivity index (χ4n) is 3.34. The summed E-state index contributed by atoms with van der Waals surface area (Å²) in [6.45, 7) is 4.81. The largest absolute Gasteiger partial charge is 0.384 e. The molecule has 3 aromatic rings. The summed E-state index contributed by atoms with van der Waals surface area (Å²) in [7, 11) is 1.78. The summed E-state index contributed by atoms with van der Waals surface area (Å²) in [6, 6.07) is 10.6. The minimum Gasteiger partial charge on any atom is -0.384 e. The molecule has 1 saturated carbocycles. The van der Waals surface area contributed by atoms with Crippen molar-refractivity contribution in [3.05, 3.63) is 47.0 Å². The summed E-state index contributed by atoms with van der Waals surface area (Å²) in [5.74, 6) is 0.756. The number of pyridine rings is 1. The van der Waals surface area contributed by atoms with Gasteiger partial charge in [0, 0.05) is 53.1 Å². The Bertz CT molecular complexity index is 1130. The molecule has 0 amide bonds. The Hall–Kier alpha value is -2.65. The number of fused-ring (bicyclic) bond motifs is 1. The van der Waals surface area contributed by atoms with Gasteiger partial charge in [-0.05, 0) is 56.9 Å². The third-order valence-corrected chi connectivity index (χ3v) is 6.19. The summed E-state index contributed by atoms with van der Waals surface area (Å²) in [4.78, 5) is 16.6. The number of nitrogens with zero attached hydrogens (tertiary/aromatic N) is 2. The zero-order chi connectivity index (χ0) is 19.9. The second-order valence-corrected chi connectivity index (χ2v) is 9.68. The predicted octanol–water partition coefficient (Wildman–Crippen LogP) is 4.75. The van der Waals surface area contributed by atoms with Crippen molar-refractivity contribution in [3.8, 4) is 17.2 Å². The Morgan fingerprint density at radius 3 is 2.82 bits per heavy atom. The molecule has 4 rings (SSSR count). The van der Waals surface area contributed by atoms with Gasteiger partial charge in [0.15, 0.2) is 0 Å². The van der Waals surface area contributed by atoms with E-state index in [1.807, 2.05) is 32.3 Å². The molecule has 5 nitrogen and oxygen atoms in total. The van der Waals surface area contributed by atoms with E-state index in [2.05, 4.69) is 34.6 Å². The van der Waals surface area contributed by atoms with Crippen LogP contribution in [-0.2, 0) is 7.05 Å². The van der Waals surface area contributed by atoms with E-state index < -0.39 is 4.75 Å². The van der Waals surface area contributed by atoms with Crippen molar-refractivity contribution in [1.29, 1.82) is 5.26 Å². The molecule has 2 aromatic heterocycles. The van der Waals surface area contributed by atoms with Gasteiger partial charge in [-0.3, -0.25) is 4.79 Å². The van der Waals surface area contributed by atoms with Crippen molar-refractivity contribution < 1.29 is 0 Å². The van der Waals surface area contributed by atoms with Crippen molar-refractivity contribution in [2.45, 2.75) is 36.3 Å². The molecule has 0 aliphatic heterocycles. The first-order chi connectivity index (χ1) is 13.4. The summed E-state index contributed by atoms with van der Waals surface area (Å²) < 4.78 is 1.12. The second kappa shape index (κ2) is 7.06. The van der Waals surface area contributed by atoms with Crippen LogP contribution in [0.4, 0.5) is 5.69 Å². The predicted molar refractivity (Wildman–Crippen MR) is 116 cm³/mol. The number of benzene rings is 1. The average molecular weight is 393 g/mol. The smallest absolute Gasteiger partial charge is 0.274 e. The number of hydrogen-bond donors (Lipinski definition) is 2. The Morgan fingerprint density at radius 2 is 2.11 bits per heavy atom. The molecule has 0 spiro atoms. The van der Waals surface area contributed by atoms with E-state index in [1.165, 1.54) is 12.8 Å². The van der Waals surface area contributed by atoms with Gasteiger partial charge in [-0.25, -0.2) is 0 Å². The molecule has 0 unspecified atom stereocenters. The van der Waals surface area contributed by atoms with E-state index in [9.17, 15) is 10.1 Å². The van der Waals surface area contributed by atoms with Gasteiger partial charge in [-0.15, -0.1) is 11.8 Å². The Morgan fingerprint density at radius 1 is 1.32 bits per heavy atom. The van der Waals surface area contributed by atoms with Crippen LogP contribution in [0.15, 0.2) is 46.3 Å². The number of aromatic nitrogens is 2. The van der Waals surface area contributed by atoms with Crippen molar-refractivity contribution in [2.75, 3.05) is 11.9 Å². The van der Waals surface area contributed by atoms with E-state index in [0.29, 0.717) is 5.52 Å². The Balaban J connectivity index is 1.85. The minimum atomic E-state index is -0.507. The molecule has 1 fully saturated rings. The van der Waals surface area contributed by atoms with Crippen LogP contribution >= 0.6 is 11.8 Å². The molecule has 0 bridgehead atoms. The maximum absolute atomic E-state index is 12.5. The van der Waals surface area contributed by atoms with Gasteiger partial charge in [0.1, 0.15) is 10.3 Å². The number of aromatic amines is 1. The number of nitrogens with one attached hydrogen (secondary N) is 2. The first-order valence-electron chi connectivity index (χ1n) is 9.53. The lowest BCUT2D eigenvalue weighted by Gasteiger charge is -2.18. The number of nitriles is 1. The Labute approximate surface area is 168 Å². The Kier molecular flexibility index (Phi) is 4.72. The molecule has 6 heteroatoms. The number of thioether (sulfide) groups is 1. The number of hydrogen-bond acceptors (Lipinski definition) is 4. The topological polar surface area (TPSA) is 73.6 Å². The van der Waals surface area contributed by atoms with Crippen molar-refractivity contribution in [1.82, 2.24) is 9.55 Å². The van der Waals surface area contributed by atoms with Crippen LogP contribution in [0.5, 0.6) is 0 Å². The number of anilines is 1. The summed E-state index contributed by atoms with van der Waals surface area (Å²) in [6.07, 6.45) is 6.29. The number of rotatable bonds is 6. The molecular formula is C22H24N4OS. The zero-order valence-corrected chi connectivity index (χ0v) is 17.2. The summed E-state index contributed by atoms with van der Waals surface area (Å²) >= 11 is 1.55. The summed E-state index contributed by atoms with van der Waals surface area (Å²) in [5.41, 5.74) is 3.71. The molecule has 2 N–H and O–H groups in total. The maximum Gasteiger partial charge on any atom is 0.274 e. The third-order valence-electron chi connectivity index (χ3n) is 5.10. The first-order valence-corrected chi connectivity index (χ1v) is 10.3. The highest BCUT2D eigenvalue weighted by Crippen LogP contribution is 2.39. The van der Waals surface area contributed by atoms with Crippen LogP contribution < -0.4 is 10.9 Å². The van der Waals surface area contributed by atoms with Gasteiger partial charge in [-0.1, -0.05) is 0 Å². The number of H-pyrrole nitrogens is 1. The van der Waals surface area contributed by atoms with Crippen LogP contribution in [0.25, 0.3) is 22.0 Å². The molecule has 28 heavy (non-hydrogen) atoms. The standard InChI is InChI=1S/C22H24N4OS/c1-22(2,13-23)28-15-6-7-19(25-11-14-4-5-14)17(10-15)18-12-26(3)21(27)20-16(18)8-9-24-20/h6-10,12,14,24-25H,4-5,11H2,1-3H3. The number of aryl methyl sites for hydroxylation is 1. The molecule has 0 saturated heterocycles. The summed E-state index contributed by atoms with van der Waals surface area (Å²) in [5, 5.41) is 13.9. The van der Waals surface area contributed by atoms with E-state index in [1.54, 1.807) is 23.4 Å². The van der Waals surface area contributed by atoms with Crippen LogP contribution in [0.3, 0.4) is 0 Å². The van der Waals surface area contributed by atoms with Crippen LogP contribution in [0.1, 0.15) is 26.7 Å². The highest BCUT2D eigenvalue weighted by Gasteiger charge is 2.23. The van der Waals surface area contributed by atoms with Crippen molar-refractivity contribution in [2.24, 2.45) is 13.0 Å². The molecule has 1 aliphatic rings. The lowest BCUT2D eigenvalue weighted by atomic mass is 10.0. The highest BCUT2D eigenvalue weighted by atomic mass is 32.2. The average Bonchev–Trinajstić information content (AvgIpc) is 3.37. The van der Waals surface area contributed by atoms with Crippen LogP contribution in [-0.4, -0.2) is 20.8 Å². The molecule has 1 aliphatic carbocycles. The quantitative estimate of drug-likeness (QED) is 0.594. The van der Waals surface area contributed by atoms with Crippen molar-refractivity contribution >= 4 is 28.4 Å². The van der Waals surface area contributed by atoms with Gasteiger partial charge in [-0.2, -0.15) is 5.26 Å². The first kappa shape index (κ1) is 18.7. The maximum atomic E-state index is 12.5. The van der Waals surface area contributed by atoms with Crippen molar-refractivity contribution in [3.63, 3.8) is 0 Å². The third kappa shape index (κ3) is 3.67. The fraction of sp³-hybridized carbons (Fsp3) is 0.364. The van der Waals surface area contributed by atoms with Crippen LogP contribution in [0.2, 0.25) is 0 Å². The zero-order valence-electron chi connectivity index (χ0n) is 16.4. The van der Waals surface area contributed by atoms with E-state index in [0.717, 1.165) is 39.6 Å². The lowest BCUT2D eigenvalue weighted by molar-refractivity contribution is 0.871. The molecule has 2 heterocycles. The van der Waals surface area contributed by atoms with E-state index >= 15 is 0 Å². The molecule has 0 radical (unpaired) electrons. The normalized spacial score (nSPS) is 14.2. The van der Waals surface area contributed by atoms with Gasteiger partial charge >= 0.3 is 0 Å². The minimum absolute atomic E-state index is 0.0348. The fourth-order valence-corrected chi connectivity index (χ4v) is 4.29.